The summed E-state index contributed by atoms with van der Waals surface area (Å²) in [4.78, 5) is 12.0. The summed E-state index contributed by atoms with van der Waals surface area (Å²) in [5.41, 5.74) is -0.0538. The normalized spacial score (nSPS) is 18.5. The Labute approximate surface area is 113 Å². The molecule has 1 heterocycles. The highest BCUT2D eigenvalue weighted by atomic mass is 16.3. The zero-order valence-corrected chi connectivity index (χ0v) is 11.9. The maximum absolute atomic E-state index is 12.0. The van der Waals surface area contributed by atoms with E-state index in [9.17, 15) is 9.90 Å². The van der Waals surface area contributed by atoms with Crippen LogP contribution in [0.15, 0.2) is 6.07 Å². The van der Waals surface area contributed by atoms with Crippen LogP contribution in [0.1, 0.15) is 52.1 Å². The second-order valence-electron chi connectivity index (χ2n) is 6.71. The van der Waals surface area contributed by atoms with Crippen LogP contribution in [0.2, 0.25) is 0 Å². The first kappa shape index (κ1) is 14.1. The summed E-state index contributed by atoms with van der Waals surface area (Å²) in [5, 5.41) is 19.9. The van der Waals surface area contributed by atoms with Crippen molar-refractivity contribution in [1.82, 2.24) is 10.2 Å². The molecule has 1 aromatic rings. The molecule has 19 heavy (non-hydrogen) atoms. The van der Waals surface area contributed by atoms with Gasteiger partial charge in [0.25, 0.3) is 5.91 Å². The van der Waals surface area contributed by atoms with Gasteiger partial charge in [-0.15, -0.1) is 0 Å². The summed E-state index contributed by atoms with van der Waals surface area (Å²) >= 11 is 0. The Balaban J connectivity index is 1.98. The highest BCUT2D eigenvalue weighted by Crippen LogP contribution is 2.30. The molecule has 1 aliphatic carbocycles. The van der Waals surface area contributed by atoms with E-state index in [2.05, 4.69) is 36.3 Å². The van der Waals surface area contributed by atoms with Gasteiger partial charge in [0.05, 0.1) is 0 Å². The number of rotatable bonds is 3. The van der Waals surface area contributed by atoms with Gasteiger partial charge < -0.3 is 10.4 Å². The second-order valence-corrected chi connectivity index (χ2v) is 6.71. The van der Waals surface area contributed by atoms with E-state index >= 15 is 0 Å². The van der Waals surface area contributed by atoms with Gasteiger partial charge in [-0.1, -0.05) is 20.8 Å². The van der Waals surface area contributed by atoms with E-state index in [1.165, 1.54) is 0 Å². The fourth-order valence-corrected chi connectivity index (χ4v) is 2.51. The summed E-state index contributed by atoms with van der Waals surface area (Å²) < 4.78 is 0. The highest BCUT2D eigenvalue weighted by molar-refractivity contribution is 5.96. The maximum atomic E-state index is 12.0. The minimum absolute atomic E-state index is 0.164. The van der Waals surface area contributed by atoms with Crippen LogP contribution in [0.25, 0.3) is 0 Å². The molecule has 2 rings (SSSR count). The quantitative estimate of drug-likeness (QED) is 0.784. The van der Waals surface area contributed by atoms with E-state index in [0.717, 1.165) is 25.0 Å². The summed E-state index contributed by atoms with van der Waals surface area (Å²) in [7, 11) is 0. The Hall–Kier alpha value is -1.36. The topological polar surface area (TPSA) is 78.0 Å². The van der Waals surface area contributed by atoms with Gasteiger partial charge in [-0.3, -0.25) is 9.89 Å². The highest BCUT2D eigenvalue weighted by Gasteiger charge is 2.39. The molecule has 1 aromatic heterocycles. The molecule has 1 aliphatic rings. The van der Waals surface area contributed by atoms with E-state index < -0.39 is 5.60 Å². The van der Waals surface area contributed by atoms with Gasteiger partial charge in [0.1, 0.15) is 5.60 Å². The Morgan fingerprint density at radius 1 is 1.47 bits per heavy atom. The zero-order chi connectivity index (χ0) is 14.1. The third-order valence-electron chi connectivity index (χ3n) is 3.45. The van der Waals surface area contributed by atoms with Crippen molar-refractivity contribution in [3.8, 4) is 0 Å². The van der Waals surface area contributed by atoms with Crippen LogP contribution in [0.4, 0.5) is 5.82 Å². The van der Waals surface area contributed by atoms with Crippen molar-refractivity contribution >= 4 is 11.7 Å². The van der Waals surface area contributed by atoms with Gasteiger partial charge in [0.2, 0.25) is 0 Å². The van der Waals surface area contributed by atoms with Crippen molar-refractivity contribution < 1.29 is 9.90 Å². The number of nitrogens with one attached hydrogen (secondary N) is 2. The monoisotopic (exact) mass is 265 g/mol. The van der Waals surface area contributed by atoms with Crippen molar-refractivity contribution in [2.24, 2.45) is 5.41 Å². The number of aromatic nitrogens is 2. The lowest BCUT2D eigenvalue weighted by Crippen LogP contribution is -2.40. The number of hydrogen-bond donors (Lipinski definition) is 3. The van der Waals surface area contributed by atoms with Crippen molar-refractivity contribution in [3.63, 3.8) is 0 Å². The van der Waals surface area contributed by atoms with Crippen molar-refractivity contribution in [2.45, 2.75) is 58.5 Å². The third-order valence-corrected chi connectivity index (χ3v) is 3.45. The van der Waals surface area contributed by atoms with Crippen LogP contribution in [-0.4, -0.2) is 26.8 Å². The number of amides is 1. The molecule has 0 aromatic carbocycles. The van der Waals surface area contributed by atoms with Gasteiger partial charge >= 0.3 is 0 Å². The molecule has 1 fully saturated rings. The molecule has 0 radical (unpaired) electrons. The fourth-order valence-electron chi connectivity index (χ4n) is 2.51. The molecule has 0 atom stereocenters. The standard InChI is InChI=1S/C14H23N3O2/c1-13(2,3)9-10-8-11(17-16-10)15-12(18)14(19)6-4-5-7-14/h8,19H,4-7,9H2,1-3H3,(H2,15,16,17,18). The first-order valence-corrected chi connectivity index (χ1v) is 6.87. The van der Waals surface area contributed by atoms with Crippen LogP contribution in [0, 0.1) is 5.41 Å². The predicted octanol–water partition coefficient (Wildman–Crippen LogP) is 2.24. The van der Waals surface area contributed by atoms with E-state index in [-0.39, 0.29) is 11.3 Å². The largest absolute Gasteiger partial charge is 0.380 e. The first-order chi connectivity index (χ1) is 8.78. The average molecular weight is 265 g/mol. The lowest BCUT2D eigenvalue weighted by molar-refractivity contribution is -0.133. The summed E-state index contributed by atoms with van der Waals surface area (Å²) in [6, 6.07) is 1.83. The molecule has 0 spiro atoms. The lowest BCUT2D eigenvalue weighted by Gasteiger charge is -2.19. The van der Waals surface area contributed by atoms with Gasteiger partial charge in [-0.2, -0.15) is 5.10 Å². The van der Waals surface area contributed by atoms with Gasteiger partial charge in [-0.25, -0.2) is 0 Å². The van der Waals surface area contributed by atoms with Crippen LogP contribution >= 0.6 is 0 Å². The fraction of sp³-hybridized carbons (Fsp3) is 0.714. The van der Waals surface area contributed by atoms with Crippen LogP contribution in [0.3, 0.4) is 0 Å². The Morgan fingerprint density at radius 3 is 2.68 bits per heavy atom. The van der Waals surface area contributed by atoms with E-state index in [1.54, 1.807) is 0 Å². The third kappa shape index (κ3) is 3.56. The molecular formula is C14H23N3O2. The molecular weight excluding hydrogens is 242 g/mol. The molecule has 1 saturated carbocycles. The first-order valence-electron chi connectivity index (χ1n) is 6.87. The Morgan fingerprint density at radius 2 is 2.11 bits per heavy atom. The van der Waals surface area contributed by atoms with Gasteiger partial charge in [0, 0.05) is 11.8 Å². The number of hydrogen-bond acceptors (Lipinski definition) is 3. The van der Waals surface area contributed by atoms with Gasteiger partial charge in [0.15, 0.2) is 5.82 Å². The zero-order valence-electron chi connectivity index (χ0n) is 11.9. The molecule has 0 bridgehead atoms. The minimum Gasteiger partial charge on any atom is -0.380 e. The van der Waals surface area contributed by atoms with E-state index in [0.29, 0.717) is 18.7 Å². The summed E-state index contributed by atoms with van der Waals surface area (Å²) in [6.07, 6.45) is 3.75. The van der Waals surface area contributed by atoms with Crippen LogP contribution in [-0.2, 0) is 11.2 Å². The second kappa shape index (κ2) is 4.96. The molecule has 0 aliphatic heterocycles. The van der Waals surface area contributed by atoms with Crippen LogP contribution < -0.4 is 5.32 Å². The minimum atomic E-state index is -1.21. The molecule has 106 valence electrons. The Bertz CT molecular complexity index is 454. The Kier molecular flexibility index (Phi) is 3.67. The number of H-pyrrole nitrogens is 1. The number of aliphatic hydroxyl groups is 1. The molecule has 3 N–H and O–H groups in total. The molecule has 1 amide bonds. The molecule has 0 saturated heterocycles. The average Bonchev–Trinajstić information content (AvgIpc) is 2.87. The number of aromatic amines is 1. The molecule has 5 heteroatoms. The number of carbonyl (C=O) groups is 1. The number of nitrogens with zero attached hydrogens (tertiary/aromatic N) is 1. The van der Waals surface area contributed by atoms with Crippen molar-refractivity contribution in [3.05, 3.63) is 11.8 Å². The lowest BCUT2D eigenvalue weighted by atomic mass is 9.91. The smallest absolute Gasteiger partial charge is 0.257 e. The number of carbonyl (C=O) groups excluding carboxylic acids is 1. The predicted molar refractivity (Wildman–Crippen MR) is 73.8 cm³/mol. The van der Waals surface area contributed by atoms with E-state index in [4.69, 9.17) is 0 Å². The van der Waals surface area contributed by atoms with Crippen molar-refractivity contribution in [2.75, 3.05) is 5.32 Å². The van der Waals surface area contributed by atoms with E-state index in [1.807, 2.05) is 6.07 Å². The summed E-state index contributed by atoms with van der Waals surface area (Å²) in [5.74, 6) is 0.156. The van der Waals surface area contributed by atoms with Gasteiger partial charge in [-0.05, 0) is 37.5 Å². The molecule has 5 nitrogen and oxygen atoms in total. The SMILES string of the molecule is CC(C)(C)Cc1cc(NC(=O)C2(O)CCCC2)n[nH]1. The molecule has 0 unspecified atom stereocenters. The summed E-state index contributed by atoms with van der Waals surface area (Å²) in [6.45, 7) is 6.44. The van der Waals surface area contributed by atoms with Crippen LogP contribution in [0.5, 0.6) is 0 Å². The maximum Gasteiger partial charge on any atom is 0.257 e. The number of anilines is 1. The van der Waals surface area contributed by atoms with Crippen molar-refractivity contribution in [1.29, 1.82) is 0 Å².